The Morgan fingerprint density at radius 1 is 1.14 bits per heavy atom. The molecule has 36 heavy (non-hydrogen) atoms. The Bertz CT molecular complexity index is 1480. The molecular formula is C25H24FN5O5. The summed E-state index contributed by atoms with van der Waals surface area (Å²) in [6, 6.07) is 7.27. The quantitative estimate of drug-likeness (QED) is 0.441. The van der Waals surface area contributed by atoms with Gasteiger partial charge in [-0.1, -0.05) is 12.1 Å². The fourth-order valence-electron chi connectivity index (χ4n) is 4.67. The minimum absolute atomic E-state index is 0.0202. The van der Waals surface area contributed by atoms with Gasteiger partial charge in [-0.15, -0.1) is 0 Å². The standard InChI is InChI=1S/C25H24FN5O5/c1-12-16(22(27)32)6-7-18(21-17-5-4-15(26)8-13(17)11-31(21)25(35)36)20(12)14-9-19(29-24(34)28-2)23(33)30(3)10-14/h4-10,21H,11H2,1-3H3,(H2,27,32)(H,35,36)(H2,28,29,34). The first-order chi connectivity index (χ1) is 17.0. The third-order valence-corrected chi connectivity index (χ3v) is 6.30. The van der Waals surface area contributed by atoms with Gasteiger partial charge < -0.3 is 26.0 Å². The number of carbonyl (C=O) groups is 3. The molecule has 1 unspecified atom stereocenters. The van der Waals surface area contributed by atoms with Crippen LogP contribution in [0.15, 0.2) is 47.4 Å². The van der Waals surface area contributed by atoms with E-state index in [4.69, 9.17) is 5.73 Å². The van der Waals surface area contributed by atoms with Crippen LogP contribution in [-0.2, 0) is 13.6 Å². The fourth-order valence-corrected chi connectivity index (χ4v) is 4.67. The van der Waals surface area contributed by atoms with Gasteiger partial charge in [0.25, 0.3) is 5.56 Å². The highest BCUT2D eigenvalue weighted by molar-refractivity contribution is 5.97. The number of aromatic nitrogens is 1. The number of nitrogens with one attached hydrogen (secondary N) is 2. The smallest absolute Gasteiger partial charge is 0.408 e. The van der Waals surface area contributed by atoms with E-state index in [0.717, 1.165) is 0 Å². The second kappa shape index (κ2) is 9.17. The van der Waals surface area contributed by atoms with Gasteiger partial charge in [0.05, 0.1) is 12.6 Å². The van der Waals surface area contributed by atoms with Crippen LogP contribution in [0.3, 0.4) is 0 Å². The SMILES string of the molecule is CNC(=O)Nc1cc(-c2c(C3c4ccc(F)cc4CN3C(=O)O)ccc(C(N)=O)c2C)cn(C)c1=O. The van der Waals surface area contributed by atoms with Crippen LogP contribution < -0.4 is 21.9 Å². The predicted octanol–water partition coefficient (Wildman–Crippen LogP) is 2.93. The molecule has 1 aromatic heterocycles. The maximum atomic E-state index is 13.9. The van der Waals surface area contributed by atoms with Crippen LogP contribution in [-0.4, -0.2) is 39.7 Å². The highest BCUT2D eigenvalue weighted by Crippen LogP contribution is 2.44. The first kappa shape index (κ1) is 24.5. The lowest BCUT2D eigenvalue weighted by atomic mass is 9.86. The number of nitrogens with zero attached hydrogens (tertiary/aromatic N) is 2. The number of nitrogens with two attached hydrogens (primary N) is 1. The number of fused-ring (bicyclic) bond motifs is 1. The molecule has 0 fully saturated rings. The van der Waals surface area contributed by atoms with Gasteiger partial charge in [-0.3, -0.25) is 14.5 Å². The molecule has 1 aliphatic rings. The molecule has 1 atom stereocenters. The number of urea groups is 1. The van der Waals surface area contributed by atoms with Gasteiger partial charge in [-0.25, -0.2) is 14.0 Å². The van der Waals surface area contributed by atoms with Crippen molar-refractivity contribution in [2.24, 2.45) is 12.8 Å². The normalized spacial score (nSPS) is 14.3. The zero-order chi connectivity index (χ0) is 26.3. The number of anilines is 1. The molecule has 2 heterocycles. The summed E-state index contributed by atoms with van der Waals surface area (Å²) in [5, 5.41) is 14.8. The number of carboxylic acid groups (broad SMARTS) is 1. The van der Waals surface area contributed by atoms with Crippen LogP contribution in [0.1, 0.15) is 38.7 Å². The zero-order valence-corrected chi connectivity index (χ0v) is 19.8. The molecule has 4 amide bonds. The summed E-state index contributed by atoms with van der Waals surface area (Å²) in [6.07, 6.45) is 0.321. The van der Waals surface area contributed by atoms with Crippen LogP contribution in [0.2, 0.25) is 0 Å². The van der Waals surface area contributed by atoms with Crippen molar-refractivity contribution < 1.29 is 23.9 Å². The molecule has 0 saturated carbocycles. The van der Waals surface area contributed by atoms with E-state index in [1.54, 1.807) is 19.1 Å². The van der Waals surface area contributed by atoms with E-state index < -0.39 is 35.4 Å². The van der Waals surface area contributed by atoms with Gasteiger partial charge in [0.15, 0.2) is 0 Å². The number of hydrogen-bond acceptors (Lipinski definition) is 4. The van der Waals surface area contributed by atoms with Crippen molar-refractivity contribution in [2.75, 3.05) is 12.4 Å². The Kier molecular flexibility index (Phi) is 6.23. The van der Waals surface area contributed by atoms with Crippen LogP contribution in [0.4, 0.5) is 19.7 Å². The topological polar surface area (TPSA) is 147 Å². The van der Waals surface area contributed by atoms with Gasteiger partial charge in [0.1, 0.15) is 11.5 Å². The number of amides is 4. The third-order valence-electron chi connectivity index (χ3n) is 6.30. The van der Waals surface area contributed by atoms with Gasteiger partial charge in [0.2, 0.25) is 5.91 Å². The molecule has 186 valence electrons. The molecule has 5 N–H and O–H groups in total. The number of hydrogen-bond donors (Lipinski definition) is 4. The molecule has 1 aliphatic heterocycles. The van der Waals surface area contributed by atoms with Crippen molar-refractivity contribution in [1.82, 2.24) is 14.8 Å². The highest BCUT2D eigenvalue weighted by atomic mass is 19.1. The van der Waals surface area contributed by atoms with E-state index in [1.165, 1.54) is 54.0 Å². The zero-order valence-electron chi connectivity index (χ0n) is 19.8. The van der Waals surface area contributed by atoms with Crippen molar-refractivity contribution >= 4 is 23.7 Å². The molecular weight excluding hydrogens is 469 g/mol. The number of primary amides is 1. The van der Waals surface area contributed by atoms with Gasteiger partial charge >= 0.3 is 12.1 Å². The molecule has 0 bridgehead atoms. The fraction of sp³-hybridized carbons (Fsp3) is 0.200. The second-order valence-corrected chi connectivity index (χ2v) is 8.49. The number of rotatable bonds is 4. The number of carbonyl (C=O) groups excluding carboxylic acids is 2. The first-order valence-electron chi connectivity index (χ1n) is 10.9. The van der Waals surface area contributed by atoms with E-state index in [-0.39, 0.29) is 17.8 Å². The predicted molar refractivity (Wildman–Crippen MR) is 130 cm³/mol. The largest absolute Gasteiger partial charge is 0.465 e. The minimum atomic E-state index is -1.21. The average Bonchev–Trinajstić information content (AvgIpc) is 3.20. The number of pyridine rings is 1. The molecule has 0 aliphatic carbocycles. The van der Waals surface area contributed by atoms with Crippen molar-refractivity contribution in [3.8, 4) is 11.1 Å². The van der Waals surface area contributed by atoms with Crippen molar-refractivity contribution in [2.45, 2.75) is 19.5 Å². The lowest BCUT2D eigenvalue weighted by Gasteiger charge is -2.27. The van der Waals surface area contributed by atoms with Gasteiger partial charge in [0, 0.05) is 31.4 Å². The van der Waals surface area contributed by atoms with Crippen molar-refractivity contribution in [3.63, 3.8) is 0 Å². The Morgan fingerprint density at radius 2 is 1.83 bits per heavy atom. The summed E-state index contributed by atoms with van der Waals surface area (Å²) < 4.78 is 15.2. The summed E-state index contributed by atoms with van der Waals surface area (Å²) in [5.41, 5.74) is 8.32. The van der Waals surface area contributed by atoms with Crippen LogP contribution in [0.25, 0.3) is 11.1 Å². The first-order valence-corrected chi connectivity index (χ1v) is 10.9. The molecule has 0 spiro atoms. The van der Waals surface area contributed by atoms with E-state index in [2.05, 4.69) is 10.6 Å². The average molecular weight is 493 g/mol. The van der Waals surface area contributed by atoms with Crippen molar-refractivity contribution in [3.05, 3.63) is 86.6 Å². The summed E-state index contributed by atoms with van der Waals surface area (Å²) in [6.45, 7) is 1.64. The maximum Gasteiger partial charge on any atom is 0.408 e. The monoisotopic (exact) mass is 493 g/mol. The number of aryl methyl sites for hydroxylation is 1. The lowest BCUT2D eigenvalue weighted by Crippen LogP contribution is -2.30. The van der Waals surface area contributed by atoms with Gasteiger partial charge in [-0.2, -0.15) is 0 Å². The highest BCUT2D eigenvalue weighted by Gasteiger charge is 2.37. The summed E-state index contributed by atoms with van der Waals surface area (Å²) in [5.74, 6) is -1.17. The molecule has 0 radical (unpaired) electrons. The molecule has 10 nitrogen and oxygen atoms in total. The van der Waals surface area contributed by atoms with E-state index in [0.29, 0.717) is 33.4 Å². The maximum absolute atomic E-state index is 13.9. The second-order valence-electron chi connectivity index (χ2n) is 8.49. The lowest BCUT2D eigenvalue weighted by molar-refractivity contribution is 0.0999. The molecule has 0 saturated heterocycles. The van der Waals surface area contributed by atoms with Crippen LogP contribution >= 0.6 is 0 Å². The van der Waals surface area contributed by atoms with Gasteiger partial charge in [-0.05, 0) is 59.0 Å². The van der Waals surface area contributed by atoms with Crippen LogP contribution in [0, 0.1) is 12.7 Å². The van der Waals surface area contributed by atoms with E-state index >= 15 is 0 Å². The Morgan fingerprint density at radius 3 is 2.47 bits per heavy atom. The molecule has 4 rings (SSSR count). The summed E-state index contributed by atoms with van der Waals surface area (Å²) in [4.78, 5) is 50.2. The molecule has 3 aromatic rings. The minimum Gasteiger partial charge on any atom is -0.465 e. The molecule has 11 heteroatoms. The Balaban J connectivity index is 2.03. The summed E-state index contributed by atoms with van der Waals surface area (Å²) >= 11 is 0. The van der Waals surface area contributed by atoms with E-state index in [1.807, 2.05) is 0 Å². The number of halogens is 1. The van der Waals surface area contributed by atoms with Crippen LogP contribution in [0.5, 0.6) is 0 Å². The Labute approximate surface area is 205 Å². The molecule has 2 aromatic carbocycles. The number of benzene rings is 2. The third kappa shape index (κ3) is 4.15. The summed E-state index contributed by atoms with van der Waals surface area (Å²) in [7, 11) is 2.91. The Hall–Kier alpha value is -4.67. The van der Waals surface area contributed by atoms with E-state index in [9.17, 15) is 28.7 Å². The van der Waals surface area contributed by atoms with Crippen molar-refractivity contribution in [1.29, 1.82) is 0 Å².